The van der Waals surface area contributed by atoms with Gasteiger partial charge in [0.25, 0.3) is 0 Å². The van der Waals surface area contributed by atoms with Crippen molar-refractivity contribution in [3.05, 3.63) is 31.8 Å². The largest absolute Gasteiger partial charge is 0.305 e. The van der Waals surface area contributed by atoms with Crippen LogP contribution in [0.25, 0.3) is 0 Å². The summed E-state index contributed by atoms with van der Waals surface area (Å²) in [6.45, 7) is 2.76. The Kier molecular flexibility index (Phi) is 3.53. The first-order valence-electron chi connectivity index (χ1n) is 4.85. The predicted octanol–water partition coefficient (Wildman–Crippen LogP) is 2.22. The lowest BCUT2D eigenvalue weighted by Crippen LogP contribution is -2.29. The van der Waals surface area contributed by atoms with Crippen molar-refractivity contribution < 1.29 is 8.42 Å². The van der Waals surface area contributed by atoms with Gasteiger partial charge in [0.05, 0.1) is 5.75 Å². The van der Waals surface area contributed by atoms with E-state index in [1.807, 2.05) is 0 Å². The zero-order valence-electron chi connectivity index (χ0n) is 8.73. The lowest BCUT2D eigenvalue weighted by atomic mass is 10.3. The Labute approximate surface area is 108 Å². The molecule has 1 aliphatic heterocycles. The Balaban J connectivity index is 1.92. The third-order valence-electron chi connectivity index (χ3n) is 2.38. The molecule has 1 unspecified atom stereocenters. The fourth-order valence-electron chi connectivity index (χ4n) is 1.54. The minimum absolute atomic E-state index is 0.0498. The highest BCUT2D eigenvalue weighted by Gasteiger charge is 2.21. The Bertz CT molecular complexity index is 499. The van der Waals surface area contributed by atoms with Gasteiger partial charge in [-0.3, -0.25) is 0 Å². The normalized spacial score (nSPS) is 22.8. The molecule has 1 aromatic rings. The molecule has 0 fully saturated rings. The zero-order valence-corrected chi connectivity index (χ0v) is 12.0. The lowest BCUT2D eigenvalue weighted by molar-refractivity contribution is 0.591. The van der Waals surface area contributed by atoms with Gasteiger partial charge in [-0.05, 0) is 28.9 Å². The molecule has 2 rings (SSSR count). The monoisotopic (exact) mass is 321 g/mol. The summed E-state index contributed by atoms with van der Waals surface area (Å²) in [6, 6.07) is 2.02. The third-order valence-corrected chi connectivity index (χ3v) is 5.91. The van der Waals surface area contributed by atoms with E-state index in [0.29, 0.717) is 6.54 Å². The van der Waals surface area contributed by atoms with Crippen LogP contribution in [0.3, 0.4) is 0 Å². The van der Waals surface area contributed by atoms with Crippen molar-refractivity contribution in [1.82, 2.24) is 5.32 Å². The average Bonchev–Trinajstić information content (AvgIpc) is 2.68. The van der Waals surface area contributed by atoms with Crippen LogP contribution in [0, 0.1) is 6.92 Å². The van der Waals surface area contributed by atoms with Gasteiger partial charge in [0.15, 0.2) is 9.84 Å². The molecule has 0 saturated carbocycles. The summed E-state index contributed by atoms with van der Waals surface area (Å²) in [4.78, 5) is 2.45. The number of nitrogens with one attached hydrogen (secondary N) is 1. The molecule has 0 bridgehead atoms. The summed E-state index contributed by atoms with van der Waals surface area (Å²) in [5.74, 6) is 0.179. The lowest BCUT2D eigenvalue weighted by Gasteiger charge is -2.07. The first kappa shape index (κ1) is 12.3. The van der Waals surface area contributed by atoms with Crippen molar-refractivity contribution in [2.45, 2.75) is 19.5 Å². The molecule has 16 heavy (non-hydrogen) atoms. The summed E-state index contributed by atoms with van der Waals surface area (Å²) in [6.07, 6.45) is 1.71. The number of hydrogen-bond donors (Lipinski definition) is 1. The summed E-state index contributed by atoms with van der Waals surface area (Å²) in [5.41, 5.74) is 0. The maximum atomic E-state index is 11.2. The van der Waals surface area contributed by atoms with E-state index < -0.39 is 9.84 Å². The van der Waals surface area contributed by atoms with Crippen LogP contribution in [0.15, 0.2) is 22.0 Å². The molecule has 6 heteroatoms. The van der Waals surface area contributed by atoms with Crippen molar-refractivity contribution in [2.24, 2.45) is 0 Å². The van der Waals surface area contributed by atoms with Crippen LogP contribution >= 0.6 is 27.3 Å². The van der Waals surface area contributed by atoms with Crippen LogP contribution in [0.1, 0.15) is 9.75 Å². The summed E-state index contributed by atoms with van der Waals surface area (Å²) < 4.78 is 23.5. The second-order valence-corrected chi connectivity index (χ2v) is 7.89. The highest BCUT2D eigenvalue weighted by molar-refractivity contribution is 9.10. The van der Waals surface area contributed by atoms with Gasteiger partial charge in [-0.25, -0.2) is 8.42 Å². The molecule has 0 aromatic carbocycles. The predicted molar refractivity (Wildman–Crippen MR) is 70.3 cm³/mol. The highest BCUT2D eigenvalue weighted by atomic mass is 79.9. The first-order valence-corrected chi connectivity index (χ1v) is 8.18. The van der Waals surface area contributed by atoms with Crippen molar-refractivity contribution >= 4 is 37.1 Å². The third kappa shape index (κ3) is 2.94. The van der Waals surface area contributed by atoms with Crippen molar-refractivity contribution in [1.29, 1.82) is 0 Å². The molecule has 0 amide bonds. The number of hydrogen-bond acceptors (Lipinski definition) is 4. The topological polar surface area (TPSA) is 46.2 Å². The van der Waals surface area contributed by atoms with Crippen LogP contribution in [-0.2, 0) is 16.4 Å². The molecule has 3 nitrogen and oxygen atoms in total. The van der Waals surface area contributed by atoms with Gasteiger partial charge in [0, 0.05) is 32.2 Å². The molecular weight excluding hydrogens is 310 g/mol. The van der Waals surface area contributed by atoms with Crippen LogP contribution in [0.2, 0.25) is 0 Å². The van der Waals surface area contributed by atoms with E-state index in [4.69, 9.17) is 0 Å². The average molecular weight is 322 g/mol. The van der Waals surface area contributed by atoms with Crippen molar-refractivity contribution in [3.8, 4) is 0 Å². The number of halogens is 1. The maximum absolute atomic E-state index is 11.2. The molecule has 1 N–H and O–H groups in total. The van der Waals surface area contributed by atoms with Gasteiger partial charge >= 0.3 is 0 Å². The van der Waals surface area contributed by atoms with E-state index in [1.54, 1.807) is 17.4 Å². The number of aryl methyl sites for hydroxylation is 1. The van der Waals surface area contributed by atoms with Gasteiger partial charge in [-0.2, -0.15) is 0 Å². The van der Waals surface area contributed by atoms with Gasteiger partial charge in [0.2, 0.25) is 0 Å². The molecule has 0 spiro atoms. The second-order valence-electron chi connectivity index (χ2n) is 3.76. The Hall–Kier alpha value is -0.170. The van der Waals surface area contributed by atoms with E-state index in [2.05, 4.69) is 34.2 Å². The smallest absolute Gasteiger partial charge is 0.173 e. The molecule has 0 radical (unpaired) electrons. The van der Waals surface area contributed by atoms with E-state index in [0.717, 1.165) is 4.47 Å². The number of thiophene rings is 1. The first-order chi connectivity index (χ1) is 7.46. The van der Waals surface area contributed by atoms with Crippen LogP contribution < -0.4 is 5.32 Å². The fourth-order valence-corrected chi connectivity index (χ4v) is 4.36. The SMILES string of the molecule is Cc1sc(CNC2C=CS(=O)(=O)C2)cc1Br. The fraction of sp³-hybridized carbons (Fsp3) is 0.400. The molecule has 1 aromatic heterocycles. The standard InChI is InChI=1S/C10H12BrNO2S2/c1-7-10(11)4-9(15-7)5-12-8-2-3-16(13,14)6-8/h2-4,8,12H,5-6H2,1H3. The number of rotatable bonds is 3. The van der Waals surface area contributed by atoms with Crippen LogP contribution in [0.4, 0.5) is 0 Å². The Morgan fingerprint density at radius 3 is 2.88 bits per heavy atom. The summed E-state index contributed by atoms with van der Waals surface area (Å²) in [5, 5.41) is 4.51. The summed E-state index contributed by atoms with van der Waals surface area (Å²) >= 11 is 5.18. The molecule has 2 heterocycles. The zero-order chi connectivity index (χ0) is 11.8. The van der Waals surface area contributed by atoms with Gasteiger partial charge in [0.1, 0.15) is 0 Å². The molecule has 0 aliphatic carbocycles. The van der Waals surface area contributed by atoms with Crippen molar-refractivity contribution in [3.63, 3.8) is 0 Å². The van der Waals surface area contributed by atoms with Crippen LogP contribution in [-0.4, -0.2) is 20.2 Å². The molecule has 0 saturated heterocycles. The minimum Gasteiger partial charge on any atom is -0.305 e. The Morgan fingerprint density at radius 2 is 2.38 bits per heavy atom. The number of sulfone groups is 1. The van der Waals surface area contributed by atoms with Crippen molar-refractivity contribution in [2.75, 3.05) is 5.75 Å². The summed E-state index contributed by atoms with van der Waals surface area (Å²) in [7, 11) is -2.95. The van der Waals surface area contributed by atoms with Gasteiger partial charge in [-0.15, -0.1) is 11.3 Å². The molecular formula is C10H12BrNO2S2. The van der Waals surface area contributed by atoms with Gasteiger partial charge < -0.3 is 5.32 Å². The molecule has 1 atom stereocenters. The van der Waals surface area contributed by atoms with Crippen LogP contribution in [0.5, 0.6) is 0 Å². The Morgan fingerprint density at radius 1 is 1.62 bits per heavy atom. The molecule has 88 valence electrons. The second kappa shape index (κ2) is 4.60. The van der Waals surface area contributed by atoms with E-state index >= 15 is 0 Å². The van der Waals surface area contributed by atoms with E-state index in [-0.39, 0.29) is 11.8 Å². The highest BCUT2D eigenvalue weighted by Crippen LogP contribution is 2.26. The minimum atomic E-state index is -2.95. The quantitative estimate of drug-likeness (QED) is 0.928. The maximum Gasteiger partial charge on any atom is 0.173 e. The van der Waals surface area contributed by atoms with E-state index in [1.165, 1.54) is 15.2 Å². The van der Waals surface area contributed by atoms with E-state index in [9.17, 15) is 8.42 Å². The van der Waals surface area contributed by atoms with Gasteiger partial charge in [-0.1, -0.05) is 6.08 Å². The molecule has 1 aliphatic rings.